The number of nitrogens with zero attached hydrogens (tertiary/aromatic N) is 8. The summed E-state index contributed by atoms with van der Waals surface area (Å²) in [5.41, 5.74) is 5.80. The van der Waals surface area contributed by atoms with Crippen LogP contribution >= 0.6 is 45.3 Å². The predicted octanol–water partition coefficient (Wildman–Crippen LogP) is 13.2. The molecule has 8 aromatic heterocycles. The zero-order valence-electron chi connectivity index (χ0n) is 65.5. The average Bonchev–Trinajstić information content (AvgIpc) is 1.75. The molecule has 9 heterocycles. The van der Waals surface area contributed by atoms with Gasteiger partial charge in [0.15, 0.2) is 0 Å². The monoisotopic (exact) mass is 1660 g/mol. The van der Waals surface area contributed by atoms with Crippen molar-refractivity contribution in [3.05, 3.63) is 160 Å². The van der Waals surface area contributed by atoms with Gasteiger partial charge < -0.3 is 60.3 Å². The van der Waals surface area contributed by atoms with Gasteiger partial charge in [-0.1, -0.05) is 54.9 Å². The zero-order valence-corrected chi connectivity index (χ0v) is 69.5. The van der Waals surface area contributed by atoms with Crippen LogP contribution in [-0.2, 0) is 64.6 Å². The molecule has 618 valence electrons. The van der Waals surface area contributed by atoms with Crippen LogP contribution in [-0.4, -0.2) is 178 Å². The normalized spacial score (nSPS) is 22.1. The Bertz CT molecular complexity index is 4030. The van der Waals surface area contributed by atoms with E-state index in [1.165, 1.54) is 103 Å². The third-order valence-electron chi connectivity index (χ3n) is 20.3. The summed E-state index contributed by atoms with van der Waals surface area (Å²) in [5.74, 6) is 5.11. The van der Waals surface area contributed by atoms with Crippen molar-refractivity contribution in [3.63, 3.8) is 0 Å². The van der Waals surface area contributed by atoms with Gasteiger partial charge in [-0.25, -0.2) is 45.0 Å². The fraction of sp³-hybridized carbons (Fsp3) is 0.550. The standard InChI is InChI=1S/2C19H25N3O2S.C18H23N3O3S.C17H22N4O6S2.C4H8O.C2H6O.CH4/c2*1-4-14-7-15(5-12(14)2)22-19-16(8-20-11-21-19)18(23)17-6-13(9-24-3)10-25-17;1-11-3-14(5-13(11)7-22)21-18-15(6-19-10-20-18)17(23)16-4-12(8-24-2)9-25-16;1-26-6-10-2-15(28-8-10)16(23)13-5-19-9-20-17(13)21-12-3-11(14(22)4-12)7-27-29(18,24)25;1-2-4-5-3-1;1-2-3;/h2*6,8,10-12,14-15H,4-5,7,9H2,1-3H3,(H,20,21,22);4,6,9-11,13-14,22H,3,5,7-8H2,1-2H3,(H,19,20,21);2,5,8-9,11-12,14,22H,3-4,6-7H2,1H3,(H2,18,24,25)(H,19,20,21);1-4H2;3H,2H2,1H3;1H4/t2*12-,14-,15-;11-,13+,14-;11-,12-,14+;;;/m0001.../s1. The molecule has 0 bridgehead atoms. The van der Waals surface area contributed by atoms with Gasteiger partial charge in [0.2, 0.25) is 23.1 Å². The van der Waals surface area contributed by atoms with Crippen molar-refractivity contribution in [2.75, 3.05) is 82.7 Å². The van der Waals surface area contributed by atoms with E-state index in [1.54, 1.807) is 60.0 Å². The molecule has 33 heteroatoms. The van der Waals surface area contributed by atoms with Crippen LogP contribution in [0, 0.1) is 41.4 Å². The van der Waals surface area contributed by atoms with Crippen molar-refractivity contribution in [1.29, 1.82) is 0 Å². The largest absolute Gasteiger partial charge is 0.397 e. The Morgan fingerprint density at radius 3 is 1.01 bits per heavy atom. The first-order valence-electron chi connectivity index (χ1n) is 37.9. The van der Waals surface area contributed by atoms with Crippen LogP contribution in [0.4, 0.5) is 23.3 Å². The molecule has 113 heavy (non-hydrogen) atoms. The lowest BCUT2D eigenvalue weighted by Gasteiger charge is -2.15. The second-order valence-corrected chi connectivity index (χ2v) is 33.5. The molecule has 9 N–H and O–H groups in total. The topological polar surface area (TPSA) is 396 Å². The molecule has 0 amide bonds. The molecule has 28 nitrogen and oxygen atoms in total. The fourth-order valence-electron chi connectivity index (χ4n) is 14.5. The van der Waals surface area contributed by atoms with Crippen molar-refractivity contribution in [2.24, 2.45) is 46.6 Å². The summed E-state index contributed by atoms with van der Waals surface area (Å²) in [5, 5.41) is 53.3. The van der Waals surface area contributed by atoms with Crippen LogP contribution in [0.25, 0.3) is 0 Å². The van der Waals surface area contributed by atoms with Crippen molar-refractivity contribution in [2.45, 2.75) is 183 Å². The molecule has 5 aliphatic rings. The van der Waals surface area contributed by atoms with E-state index in [-0.39, 0.29) is 62.5 Å². The number of aliphatic hydroxyl groups excluding tert-OH is 3. The third kappa shape index (κ3) is 28.2. The predicted molar refractivity (Wildman–Crippen MR) is 442 cm³/mol. The minimum absolute atomic E-state index is 0. The quantitative estimate of drug-likeness (QED) is 0.0194. The van der Waals surface area contributed by atoms with Crippen LogP contribution in [0.1, 0.15) is 209 Å². The number of carbonyl (C=O) groups is 4. The highest BCUT2D eigenvalue weighted by molar-refractivity contribution is 7.84. The molecular weight excluding hydrogens is 1540 g/mol. The molecule has 12 atom stereocenters. The highest BCUT2D eigenvalue weighted by Gasteiger charge is 2.37. The molecule has 5 fully saturated rings. The number of anilines is 4. The molecule has 0 unspecified atom stereocenters. The van der Waals surface area contributed by atoms with Gasteiger partial charge in [0, 0.05) is 110 Å². The molecule has 4 aliphatic carbocycles. The number of aliphatic hydroxyl groups is 3. The maximum atomic E-state index is 12.9. The first-order chi connectivity index (χ1) is 54.0. The van der Waals surface area contributed by atoms with E-state index < -0.39 is 22.3 Å². The Hall–Kier alpha value is -7.45. The van der Waals surface area contributed by atoms with Gasteiger partial charge >= 0.3 is 10.3 Å². The maximum Gasteiger partial charge on any atom is 0.333 e. The van der Waals surface area contributed by atoms with Crippen LogP contribution in [0.5, 0.6) is 0 Å². The highest BCUT2D eigenvalue weighted by Crippen LogP contribution is 2.39. The van der Waals surface area contributed by atoms with E-state index >= 15 is 0 Å². The number of aromatic nitrogens is 8. The van der Waals surface area contributed by atoms with Crippen molar-refractivity contribution < 1.29 is 70.8 Å². The van der Waals surface area contributed by atoms with E-state index in [9.17, 15) is 37.8 Å². The van der Waals surface area contributed by atoms with Gasteiger partial charge in [-0.3, -0.25) is 23.4 Å². The van der Waals surface area contributed by atoms with E-state index in [4.69, 9.17) is 33.9 Å². The number of carbonyl (C=O) groups excluding carboxylic acids is 4. The van der Waals surface area contributed by atoms with Crippen molar-refractivity contribution in [1.82, 2.24) is 39.9 Å². The zero-order chi connectivity index (χ0) is 80.7. The molecule has 1 aliphatic heterocycles. The van der Waals surface area contributed by atoms with Gasteiger partial charge in [0.1, 0.15) is 48.6 Å². The molecule has 0 spiro atoms. The summed E-state index contributed by atoms with van der Waals surface area (Å²) in [6.45, 7) is 17.1. The van der Waals surface area contributed by atoms with Crippen molar-refractivity contribution in [3.8, 4) is 0 Å². The molecular formula is C80H113N13O15S5. The maximum absolute atomic E-state index is 12.9. The van der Waals surface area contributed by atoms with Gasteiger partial charge in [0.25, 0.3) is 0 Å². The molecule has 0 aromatic carbocycles. The van der Waals surface area contributed by atoms with Crippen LogP contribution in [0.3, 0.4) is 0 Å². The summed E-state index contributed by atoms with van der Waals surface area (Å²) in [6, 6.07) is 8.13. The lowest BCUT2D eigenvalue weighted by Crippen LogP contribution is -2.24. The van der Waals surface area contributed by atoms with E-state index in [2.05, 4.69) is 99.9 Å². The average molecular weight is 1660 g/mol. The number of methoxy groups -OCH3 is 4. The minimum atomic E-state index is -4.07. The Balaban J connectivity index is 0.000000201. The number of ketones is 4. The summed E-state index contributed by atoms with van der Waals surface area (Å²) >= 11 is 5.59. The highest BCUT2D eigenvalue weighted by atomic mass is 32.2. The minimum Gasteiger partial charge on any atom is -0.397 e. The first kappa shape index (κ1) is 92.7. The Morgan fingerprint density at radius 1 is 0.478 bits per heavy atom. The third-order valence-corrected chi connectivity index (χ3v) is 24.7. The number of rotatable bonds is 30. The lowest BCUT2D eigenvalue weighted by molar-refractivity contribution is 0.100. The van der Waals surface area contributed by atoms with Crippen LogP contribution < -0.4 is 26.4 Å². The van der Waals surface area contributed by atoms with E-state index in [1.807, 2.05) is 39.7 Å². The van der Waals surface area contributed by atoms with Gasteiger partial charge in [0.05, 0.1) is 80.9 Å². The number of nitrogens with two attached hydrogens (primary N) is 1. The van der Waals surface area contributed by atoms with Crippen LogP contribution in [0.2, 0.25) is 0 Å². The fourth-order valence-corrected chi connectivity index (χ4v) is 18.3. The summed E-state index contributed by atoms with van der Waals surface area (Å²) in [7, 11) is 2.46. The van der Waals surface area contributed by atoms with E-state index in [0.29, 0.717) is 140 Å². The molecule has 0 radical (unpaired) electrons. The summed E-state index contributed by atoms with van der Waals surface area (Å²) in [4.78, 5) is 87.4. The molecule has 13 rings (SSSR count). The smallest absolute Gasteiger partial charge is 0.333 e. The summed E-state index contributed by atoms with van der Waals surface area (Å²) < 4.78 is 51.9. The van der Waals surface area contributed by atoms with Crippen molar-refractivity contribution >= 4 is 102 Å². The molecule has 1 saturated heterocycles. The Labute approximate surface area is 680 Å². The van der Waals surface area contributed by atoms with Gasteiger partial charge in [-0.15, -0.1) is 45.3 Å². The number of hydrogen-bond donors (Lipinski definition) is 8. The molecule has 4 saturated carbocycles. The van der Waals surface area contributed by atoms with E-state index in [0.717, 1.165) is 85.8 Å². The Morgan fingerprint density at radius 2 is 0.761 bits per heavy atom. The number of ether oxygens (including phenoxy) is 5. The SMILES string of the molecule is C.C1CCOC1.CCO.CC[C@H]1C[C@@H](Nc2ncncc2C(=O)c2cc(COC)cs2)C[C@@H]1C.CC[C@H]1C[C@@H](Nc2ncncc2C(=O)c2cc(COC)cs2)C[C@@H]1C.COCc1csc(C(=O)c2cncnc2N[C@@H]2C[C@H](CO)[C@@H](C)C2)c1.COCc1csc(C(=O)c2cncnc2N[C@@H]2C[C@H](COS(N)(=O)=O)[C@@H](O)C2)c1. The number of thiophene rings is 4. The van der Waals surface area contributed by atoms with Gasteiger partial charge in [-0.05, 0) is 175 Å². The number of nitrogens with one attached hydrogen (secondary N) is 4. The Kier molecular flexibility index (Phi) is 39.0. The molecule has 8 aromatic rings. The first-order valence-corrected chi connectivity index (χ1v) is 42.9. The second-order valence-electron chi connectivity index (χ2n) is 28.7. The van der Waals surface area contributed by atoms with Crippen LogP contribution in [0.15, 0.2) is 95.9 Å². The number of hydrogen-bond acceptors (Lipinski definition) is 31. The second kappa shape index (κ2) is 47.5. The van der Waals surface area contributed by atoms with Gasteiger partial charge in [-0.2, -0.15) is 8.42 Å². The summed E-state index contributed by atoms with van der Waals surface area (Å²) in [6.07, 6.45) is 23.3. The lowest BCUT2D eigenvalue weighted by atomic mass is 9.96.